The number of fused-ring (bicyclic) bond motifs is 3. The number of alkyl carbamates (subject to hydrolysis) is 1. The highest BCUT2D eigenvalue weighted by Gasteiger charge is 2.30. The quantitative estimate of drug-likeness (QED) is 0.429. The number of carbonyl (C=O) groups is 2. The summed E-state index contributed by atoms with van der Waals surface area (Å²) < 4.78 is 16.8. The molecule has 0 aliphatic heterocycles. The maximum absolute atomic E-state index is 12.6. The number of hydrogen-bond donors (Lipinski definition) is 2. The van der Waals surface area contributed by atoms with Gasteiger partial charge in [0.05, 0.1) is 18.7 Å². The molecule has 0 fully saturated rings. The molecule has 0 heterocycles. The van der Waals surface area contributed by atoms with Gasteiger partial charge in [-0.1, -0.05) is 48.5 Å². The van der Waals surface area contributed by atoms with Crippen molar-refractivity contribution in [2.45, 2.75) is 18.4 Å². The van der Waals surface area contributed by atoms with Crippen molar-refractivity contribution in [3.63, 3.8) is 0 Å². The van der Waals surface area contributed by atoms with E-state index in [0.29, 0.717) is 21.5 Å². The van der Waals surface area contributed by atoms with Crippen LogP contribution in [-0.4, -0.2) is 44.0 Å². The number of carboxylic acids is 1. The first-order valence-corrected chi connectivity index (χ1v) is 11.5. The molecule has 0 saturated carbocycles. The molecule has 1 amide bonds. The second kappa shape index (κ2) is 10.2. The highest BCUT2D eigenvalue weighted by Crippen LogP contribution is 2.44. The monoisotopic (exact) mass is 525 g/mol. The lowest BCUT2D eigenvalue weighted by molar-refractivity contribution is -0.139. The van der Waals surface area contributed by atoms with Crippen LogP contribution in [0, 0.1) is 0 Å². The number of carbonyl (C=O) groups excluding carboxylic acids is 1. The summed E-state index contributed by atoms with van der Waals surface area (Å²) in [7, 11) is 3.01. The van der Waals surface area contributed by atoms with Gasteiger partial charge in [0.15, 0.2) is 0 Å². The van der Waals surface area contributed by atoms with Crippen LogP contribution in [0.15, 0.2) is 65.1 Å². The number of hydrogen-bond acceptors (Lipinski definition) is 5. The fourth-order valence-electron chi connectivity index (χ4n) is 4.28. The zero-order valence-electron chi connectivity index (χ0n) is 18.7. The summed E-state index contributed by atoms with van der Waals surface area (Å²) in [6.45, 7) is 0.101. The topological polar surface area (TPSA) is 94.1 Å². The molecule has 34 heavy (non-hydrogen) atoms. The van der Waals surface area contributed by atoms with Gasteiger partial charge in [0.25, 0.3) is 0 Å². The van der Waals surface area contributed by atoms with Gasteiger partial charge in [-0.15, -0.1) is 0 Å². The van der Waals surface area contributed by atoms with Crippen LogP contribution in [-0.2, 0) is 16.0 Å². The Labute approximate surface area is 205 Å². The van der Waals surface area contributed by atoms with E-state index >= 15 is 0 Å². The number of nitrogens with one attached hydrogen (secondary N) is 1. The molecule has 7 nitrogen and oxygen atoms in total. The van der Waals surface area contributed by atoms with Crippen LogP contribution in [0.2, 0.25) is 0 Å². The summed E-state index contributed by atoms with van der Waals surface area (Å²) in [6, 6.07) is 18.2. The van der Waals surface area contributed by atoms with Crippen molar-refractivity contribution in [3.05, 3.63) is 81.8 Å². The molecule has 0 radical (unpaired) electrons. The number of carboxylic acid groups (broad SMARTS) is 1. The smallest absolute Gasteiger partial charge is 0.407 e. The first-order chi connectivity index (χ1) is 16.4. The molecule has 3 aromatic rings. The second-order valence-corrected chi connectivity index (χ2v) is 8.72. The fraction of sp³-hybridized carbons (Fsp3) is 0.231. The van der Waals surface area contributed by atoms with Gasteiger partial charge in [0.2, 0.25) is 0 Å². The van der Waals surface area contributed by atoms with E-state index in [9.17, 15) is 14.7 Å². The third-order valence-corrected chi connectivity index (χ3v) is 6.53. The minimum Gasteiger partial charge on any atom is -0.496 e. The Morgan fingerprint density at radius 2 is 1.56 bits per heavy atom. The standard InChI is InChI=1S/C26H24BrNO6/c1-32-23-13-24(33-2)21(27)11-15(23)12-22(25(29)30)28-26(31)34-14-20-18-9-5-3-7-16(18)17-8-4-6-10-19(17)20/h3-11,13,20,22H,12,14H2,1-2H3,(H,28,31)(H,29,30). The molecule has 176 valence electrons. The highest BCUT2D eigenvalue weighted by atomic mass is 79.9. The van der Waals surface area contributed by atoms with E-state index in [4.69, 9.17) is 14.2 Å². The first kappa shape index (κ1) is 23.6. The Morgan fingerprint density at radius 3 is 2.12 bits per heavy atom. The van der Waals surface area contributed by atoms with E-state index in [0.717, 1.165) is 22.3 Å². The highest BCUT2D eigenvalue weighted by molar-refractivity contribution is 9.10. The molecule has 0 spiro atoms. The van der Waals surface area contributed by atoms with Crippen molar-refractivity contribution in [3.8, 4) is 22.6 Å². The molecule has 0 saturated heterocycles. The van der Waals surface area contributed by atoms with Crippen molar-refractivity contribution < 1.29 is 28.9 Å². The number of methoxy groups -OCH3 is 2. The first-order valence-electron chi connectivity index (χ1n) is 10.7. The lowest BCUT2D eigenvalue weighted by atomic mass is 9.98. The number of halogens is 1. The summed E-state index contributed by atoms with van der Waals surface area (Å²) in [6.07, 6.45) is -0.786. The molecule has 1 atom stereocenters. The SMILES string of the molecule is COc1cc(OC)c(CC(NC(=O)OCC2c3ccccc3-c3ccccc32)C(=O)O)cc1Br. The van der Waals surface area contributed by atoms with Gasteiger partial charge in [-0.3, -0.25) is 0 Å². The number of ether oxygens (including phenoxy) is 3. The molecule has 0 aromatic heterocycles. The lowest BCUT2D eigenvalue weighted by Gasteiger charge is -2.19. The summed E-state index contributed by atoms with van der Waals surface area (Å²) in [5.74, 6) is -0.279. The van der Waals surface area contributed by atoms with Crippen LogP contribution in [0.5, 0.6) is 11.5 Å². The summed E-state index contributed by atoms with van der Waals surface area (Å²) in [5, 5.41) is 12.2. The Kier molecular flexibility index (Phi) is 7.07. The van der Waals surface area contributed by atoms with E-state index in [1.807, 2.05) is 36.4 Å². The molecule has 1 unspecified atom stereocenters. The number of amides is 1. The molecular formula is C26H24BrNO6. The molecule has 0 bridgehead atoms. The third kappa shape index (κ3) is 4.72. The molecule has 4 rings (SSSR count). The van der Waals surface area contributed by atoms with Crippen LogP contribution in [0.1, 0.15) is 22.6 Å². The van der Waals surface area contributed by atoms with Gasteiger partial charge in [0, 0.05) is 18.4 Å². The van der Waals surface area contributed by atoms with Crippen LogP contribution >= 0.6 is 15.9 Å². The van der Waals surface area contributed by atoms with Crippen molar-refractivity contribution in [2.75, 3.05) is 20.8 Å². The fourth-order valence-corrected chi connectivity index (χ4v) is 4.84. The maximum atomic E-state index is 12.6. The number of benzene rings is 3. The lowest BCUT2D eigenvalue weighted by Crippen LogP contribution is -2.43. The molecule has 8 heteroatoms. The summed E-state index contributed by atoms with van der Waals surface area (Å²) in [4.78, 5) is 24.5. The van der Waals surface area contributed by atoms with Gasteiger partial charge in [0.1, 0.15) is 24.1 Å². The van der Waals surface area contributed by atoms with E-state index in [1.54, 1.807) is 12.1 Å². The van der Waals surface area contributed by atoms with Crippen LogP contribution in [0.25, 0.3) is 11.1 Å². The molecule has 1 aliphatic rings. The second-order valence-electron chi connectivity index (χ2n) is 7.86. The van der Waals surface area contributed by atoms with Gasteiger partial charge >= 0.3 is 12.1 Å². The van der Waals surface area contributed by atoms with Gasteiger partial charge in [-0.25, -0.2) is 9.59 Å². The Hall–Kier alpha value is -3.52. The van der Waals surface area contributed by atoms with Crippen molar-refractivity contribution in [1.82, 2.24) is 5.32 Å². The molecule has 3 aromatic carbocycles. The van der Waals surface area contributed by atoms with E-state index in [2.05, 4.69) is 33.4 Å². The largest absolute Gasteiger partial charge is 0.496 e. The van der Waals surface area contributed by atoms with Gasteiger partial charge in [-0.05, 0) is 49.8 Å². The van der Waals surface area contributed by atoms with E-state index in [1.165, 1.54) is 14.2 Å². The third-order valence-electron chi connectivity index (χ3n) is 5.91. The summed E-state index contributed by atoms with van der Waals surface area (Å²) >= 11 is 3.40. The van der Waals surface area contributed by atoms with Gasteiger partial charge < -0.3 is 24.6 Å². The van der Waals surface area contributed by atoms with Crippen LogP contribution in [0.4, 0.5) is 4.79 Å². The average Bonchev–Trinajstić information content (AvgIpc) is 3.16. The minimum atomic E-state index is -1.20. The van der Waals surface area contributed by atoms with Gasteiger partial charge in [-0.2, -0.15) is 0 Å². The van der Waals surface area contributed by atoms with Crippen LogP contribution in [0.3, 0.4) is 0 Å². The van der Waals surface area contributed by atoms with Crippen molar-refractivity contribution >= 4 is 28.0 Å². The average molecular weight is 526 g/mol. The number of rotatable bonds is 8. The van der Waals surface area contributed by atoms with E-state index in [-0.39, 0.29) is 18.9 Å². The summed E-state index contributed by atoms with van der Waals surface area (Å²) in [5.41, 5.74) is 5.00. The molecule has 2 N–H and O–H groups in total. The molecular weight excluding hydrogens is 502 g/mol. The zero-order chi connectivity index (χ0) is 24.2. The predicted octanol–water partition coefficient (Wildman–Crippen LogP) is 5.00. The Morgan fingerprint density at radius 1 is 0.971 bits per heavy atom. The maximum Gasteiger partial charge on any atom is 0.407 e. The Balaban J connectivity index is 1.46. The normalized spacial score (nSPS) is 12.9. The van der Waals surface area contributed by atoms with Crippen molar-refractivity contribution in [1.29, 1.82) is 0 Å². The van der Waals surface area contributed by atoms with Crippen molar-refractivity contribution in [2.24, 2.45) is 0 Å². The number of aliphatic carboxylic acids is 1. The molecule has 1 aliphatic carbocycles. The minimum absolute atomic E-state index is 0.00525. The Bertz CT molecular complexity index is 1180. The zero-order valence-corrected chi connectivity index (χ0v) is 20.3. The predicted molar refractivity (Wildman–Crippen MR) is 131 cm³/mol. The van der Waals surface area contributed by atoms with Crippen LogP contribution < -0.4 is 14.8 Å². The van der Waals surface area contributed by atoms with E-state index < -0.39 is 18.1 Å².